The van der Waals surface area contributed by atoms with Gasteiger partial charge in [0.05, 0.1) is 25.3 Å². The maximum atomic E-state index is 13.2. The van der Waals surface area contributed by atoms with Gasteiger partial charge in [0.1, 0.15) is 48.0 Å². The molecule has 3 aromatic heterocycles. The zero-order chi connectivity index (χ0) is 70.2. The molecule has 2 aliphatic heterocycles. The molecule has 4 aromatic carbocycles. The molecule has 2 aliphatic rings. The van der Waals surface area contributed by atoms with Crippen molar-refractivity contribution < 1.29 is 132 Å². The van der Waals surface area contributed by atoms with Crippen LogP contribution in [0.1, 0.15) is 100 Å². The van der Waals surface area contributed by atoms with Crippen molar-refractivity contribution >= 4 is 113 Å². The predicted molar refractivity (Wildman–Crippen MR) is 396 cm³/mol. The van der Waals surface area contributed by atoms with Gasteiger partial charge in [0.2, 0.25) is 5.91 Å². The summed E-state index contributed by atoms with van der Waals surface area (Å²) in [4.78, 5) is 70.4. The second kappa shape index (κ2) is 45.1. The fourth-order valence-corrected chi connectivity index (χ4v) is 15.5. The zero-order valence-electron chi connectivity index (χ0n) is 55.7. The number of carboxylic acid groups (broad SMARTS) is 3. The van der Waals surface area contributed by atoms with Gasteiger partial charge in [0, 0.05) is 0 Å². The zero-order valence-corrected chi connectivity index (χ0v) is 63.7. The van der Waals surface area contributed by atoms with Crippen molar-refractivity contribution in [1.29, 1.82) is 0 Å². The first-order valence-corrected chi connectivity index (χ1v) is 37.0. The Morgan fingerprint density at radius 1 is 0.450 bits per heavy atom. The first-order valence-electron chi connectivity index (χ1n) is 29.9. The molecule has 548 valence electrons. The quantitative estimate of drug-likeness (QED) is 0.0172. The minimum atomic E-state index is -3.88. The maximum absolute atomic E-state index is 13.2. The topological polar surface area (TPSA) is 391 Å². The average molecular weight is 1550 g/mol. The van der Waals surface area contributed by atoms with Crippen LogP contribution in [0.15, 0.2) is 186 Å². The number of thiophene rings is 3. The van der Waals surface area contributed by atoms with E-state index in [2.05, 4.69) is 33.3 Å². The fraction of sp³-hybridized carbons (Fsp3) is 0.391. The number of carbonyl (C=O) groups excluding carboxylic acids is 3. The second-order valence-corrected chi connectivity index (χ2v) is 32.1. The Hall–Kier alpha value is -5.24. The van der Waals surface area contributed by atoms with Crippen molar-refractivity contribution in [3.05, 3.63) is 196 Å². The third-order valence-corrected chi connectivity index (χ3v) is 22.8. The van der Waals surface area contributed by atoms with Crippen LogP contribution in [0.25, 0.3) is 0 Å². The van der Waals surface area contributed by atoms with E-state index in [9.17, 15) is 64.2 Å². The number of hydrogen-bond acceptors (Lipinski definition) is 19. The smallest absolute Gasteiger partial charge is 1.00 e. The molecule has 0 spiro atoms. The molecule has 1 amide bonds. The number of carboxylic acids is 3. The maximum Gasteiger partial charge on any atom is 1.00 e. The molecular weight excluding hydrogens is 1450 g/mol. The van der Waals surface area contributed by atoms with Gasteiger partial charge in [-0.1, -0.05) is 190 Å². The van der Waals surface area contributed by atoms with Gasteiger partial charge in [-0.15, -0.1) is 34.0 Å². The minimum Gasteiger partial charge on any atom is -1.00 e. The molecular formula is C69H97KN6O17S7. The summed E-state index contributed by atoms with van der Waals surface area (Å²) in [5.41, 5.74) is 12.9. The third kappa shape index (κ3) is 32.6. The standard InChI is InChI=1S/C22H28N2O5S2.2C13H13NO4S2.C9H17NO2.C9H11NO2.3CH4.K.H2S.H/c1-15(2)12-17(20(25)22(3)14-29-22)23-21(26)18(13-16-8-5-4-6-9-16)24-31(27,28)19-10-7-11-30-19;2*15-13(16)11(9-10-5-2-1-3-6-10)14-20(17,18)12-7-4-8-19-12;1-6(2)4-7(10)8(11)9(3)5-12-9;10-8(9(11)12)6-7-4-2-1-3-5-7;;;;;;/h4-11,15,17-18,24H,12-14H2,1-3H3,(H,23,26);2*1-8,11,14H,9H2,(H,15,16);6-7H,4-5,10H2,1-3H3;1-5,8H,6,10H2,(H,11,12);3*1H4;;1H2;/q;;;;;;;;+1;;-1/t17-,18-,22+;2*11-;7-,9+;8-;;;;;;/m00000....../s1. The second-order valence-electron chi connectivity index (χ2n) is 23.4. The van der Waals surface area contributed by atoms with E-state index in [1.807, 2.05) is 86.6 Å². The summed E-state index contributed by atoms with van der Waals surface area (Å²) < 4.78 is 91.4. The predicted octanol–water partition coefficient (Wildman–Crippen LogP) is 6.47. The number of rotatable bonds is 30. The fourth-order valence-electron chi connectivity index (χ4n) is 8.89. The van der Waals surface area contributed by atoms with Gasteiger partial charge in [0.25, 0.3) is 30.1 Å². The number of sulfonamides is 3. The molecule has 8 atom stereocenters. The first kappa shape index (κ1) is 94.8. The van der Waals surface area contributed by atoms with Crippen LogP contribution in [0.3, 0.4) is 0 Å². The number of epoxide rings is 2. The van der Waals surface area contributed by atoms with E-state index in [4.69, 9.17) is 26.0 Å². The molecule has 23 nitrogen and oxygen atoms in total. The summed E-state index contributed by atoms with van der Waals surface area (Å²) in [6.07, 6.45) is 1.93. The van der Waals surface area contributed by atoms with Crippen molar-refractivity contribution in [2.75, 3.05) is 13.2 Å². The number of hydrogen-bond donors (Lipinski definition) is 9. The summed E-state index contributed by atoms with van der Waals surface area (Å²) in [7, 11) is -11.5. The molecule has 31 heteroatoms. The van der Waals surface area contributed by atoms with E-state index in [1.54, 1.807) is 96.7 Å². The monoisotopic (exact) mass is 1540 g/mol. The van der Waals surface area contributed by atoms with E-state index < -0.39 is 95.3 Å². The van der Waals surface area contributed by atoms with Gasteiger partial charge in [-0.25, -0.2) is 25.3 Å². The van der Waals surface area contributed by atoms with Gasteiger partial charge in [-0.05, 0) is 121 Å². The van der Waals surface area contributed by atoms with Gasteiger partial charge in [-0.3, -0.25) is 28.8 Å². The van der Waals surface area contributed by atoms with E-state index in [1.165, 1.54) is 18.2 Å². The van der Waals surface area contributed by atoms with Crippen LogP contribution in [0, 0.1) is 11.8 Å². The molecule has 9 rings (SSSR count). The van der Waals surface area contributed by atoms with Crippen molar-refractivity contribution in [2.45, 2.75) is 162 Å². The Balaban J connectivity index is 0. The number of ether oxygens (including phenoxy) is 2. The normalized spacial score (nSPS) is 16.6. The van der Waals surface area contributed by atoms with Crippen LogP contribution in [-0.2, 0) is 94.0 Å². The summed E-state index contributed by atoms with van der Waals surface area (Å²) in [6, 6.07) is 40.2. The minimum absolute atomic E-state index is 0. The molecule has 7 aromatic rings. The molecule has 11 N–H and O–H groups in total. The van der Waals surface area contributed by atoms with Crippen LogP contribution in [-0.4, -0.2) is 137 Å². The number of benzene rings is 4. The van der Waals surface area contributed by atoms with Crippen LogP contribution in [0.2, 0.25) is 0 Å². The summed E-state index contributed by atoms with van der Waals surface area (Å²) in [5, 5.41) is 34.6. The Morgan fingerprint density at radius 2 is 0.740 bits per heavy atom. The molecule has 0 radical (unpaired) electrons. The van der Waals surface area contributed by atoms with Gasteiger partial charge >= 0.3 is 69.3 Å². The number of aliphatic carboxylic acids is 3. The number of amides is 1. The molecule has 100 heavy (non-hydrogen) atoms. The van der Waals surface area contributed by atoms with Gasteiger partial charge < -0.3 is 43.0 Å². The Bertz CT molecular complexity index is 3780. The Morgan fingerprint density at radius 3 is 1.01 bits per heavy atom. The first-order chi connectivity index (χ1) is 44.7. The molecule has 0 bridgehead atoms. The SMILES string of the molecule is C.C.C.CC(C)C[C@H](N)C(=O)[C@@]1(C)CO1.CC(C)C[C@H](NC(=O)[C@H](Cc1ccccc1)NS(=O)(=O)c1cccs1)C(=O)[C@@]1(C)CO1.N[C@@H](Cc1ccccc1)C(=O)O.O=C(O)[C@H](Cc1ccccc1)NS(=O)(=O)c1cccs1.O=C(O)[C@H](Cc1ccccc1)NS(=O)(=O)c1cccs1.S.[H-].[K+]. The number of nitrogens with two attached hydrogens (primary N) is 2. The molecule has 5 heterocycles. The van der Waals surface area contributed by atoms with Crippen molar-refractivity contribution in [3.8, 4) is 0 Å². The van der Waals surface area contributed by atoms with Crippen molar-refractivity contribution in [1.82, 2.24) is 19.5 Å². The molecule has 0 unspecified atom stereocenters. The van der Waals surface area contributed by atoms with Crippen molar-refractivity contribution in [2.24, 2.45) is 23.3 Å². The van der Waals surface area contributed by atoms with E-state index >= 15 is 0 Å². The van der Waals surface area contributed by atoms with Gasteiger partial charge in [-0.2, -0.15) is 27.7 Å². The van der Waals surface area contributed by atoms with Crippen LogP contribution in [0.4, 0.5) is 0 Å². The van der Waals surface area contributed by atoms with E-state index in [-0.39, 0.29) is 144 Å². The number of Topliss-reactive ketones (excluding diaryl/α,β-unsaturated/α-hetero) is 2. The third-order valence-electron chi connectivity index (χ3n) is 14.1. The molecule has 2 fully saturated rings. The number of ketones is 2. The summed E-state index contributed by atoms with van der Waals surface area (Å²) in [6.45, 7) is 12.4. The molecule has 0 saturated carbocycles. The van der Waals surface area contributed by atoms with Gasteiger partial charge in [0.15, 0.2) is 11.6 Å². The van der Waals surface area contributed by atoms with E-state index in [0.29, 0.717) is 32.0 Å². The Kier molecular flexibility index (Phi) is 42.7. The van der Waals surface area contributed by atoms with Crippen molar-refractivity contribution in [3.63, 3.8) is 0 Å². The van der Waals surface area contributed by atoms with Crippen LogP contribution in [0.5, 0.6) is 0 Å². The number of nitrogens with one attached hydrogen (secondary N) is 4. The average Bonchev–Trinajstić information content (AvgIpc) is 1.66. The largest absolute Gasteiger partial charge is 1.00 e. The van der Waals surface area contributed by atoms with E-state index in [0.717, 1.165) is 62.7 Å². The van der Waals surface area contributed by atoms with Crippen LogP contribution >= 0.6 is 47.5 Å². The van der Waals surface area contributed by atoms with Crippen LogP contribution < -0.4 is 82.3 Å². The summed E-state index contributed by atoms with van der Waals surface area (Å²) in [5.74, 6) is -3.40. The summed E-state index contributed by atoms with van der Waals surface area (Å²) >= 11 is 3.17. The Labute approximate surface area is 652 Å². The number of carbonyl (C=O) groups is 6. The molecule has 0 aliphatic carbocycles. The molecule has 2 saturated heterocycles.